The molecule has 0 spiro atoms. The smallest absolute Gasteiger partial charge is 0.223 e. The molecule has 0 aromatic heterocycles. The van der Waals surface area contributed by atoms with E-state index >= 15 is 0 Å². The number of aromatic hydroxyl groups is 1. The van der Waals surface area contributed by atoms with Gasteiger partial charge < -0.3 is 15.5 Å². The third kappa shape index (κ3) is 6.91. The molecule has 1 aliphatic carbocycles. The van der Waals surface area contributed by atoms with Crippen LogP contribution < -0.4 is 5.32 Å². The largest absolute Gasteiger partial charge is 0.508 e. The minimum atomic E-state index is -0.244. The number of phenolic OH excluding ortho intramolecular Hbond substituents is 1. The van der Waals surface area contributed by atoms with Gasteiger partial charge in [0.05, 0.1) is 6.04 Å². The van der Waals surface area contributed by atoms with Gasteiger partial charge in [0.15, 0.2) is 0 Å². The van der Waals surface area contributed by atoms with Crippen LogP contribution in [0, 0.1) is 11.8 Å². The van der Waals surface area contributed by atoms with Gasteiger partial charge in [-0.2, -0.15) is 0 Å². The van der Waals surface area contributed by atoms with Crippen molar-refractivity contribution in [3.8, 4) is 5.75 Å². The Bertz CT molecular complexity index is 490. The number of aliphatic hydroxyl groups is 1. The van der Waals surface area contributed by atoms with Gasteiger partial charge in [0.1, 0.15) is 5.75 Å². The number of nitrogens with one attached hydrogen (secondary N) is 1. The average Bonchev–Trinajstić information content (AvgIpc) is 2.55. The number of aliphatic hydroxyl groups excluding tert-OH is 1. The molecule has 2 rings (SSSR count). The fourth-order valence-electron chi connectivity index (χ4n) is 3.15. The molecule has 4 heteroatoms. The molecular weight excluding hydrogens is 302 g/mol. The minimum absolute atomic E-state index is 0.00166. The molecule has 136 valence electrons. The summed E-state index contributed by atoms with van der Waals surface area (Å²) in [5.41, 5.74) is 0.834. The van der Waals surface area contributed by atoms with Crippen molar-refractivity contribution < 1.29 is 15.0 Å². The van der Waals surface area contributed by atoms with E-state index in [-0.39, 0.29) is 30.2 Å². The maximum absolute atomic E-state index is 12.4. The zero-order valence-electron chi connectivity index (χ0n) is 15.3. The lowest BCUT2D eigenvalue weighted by molar-refractivity contribution is -0.127. The first-order chi connectivity index (χ1) is 11.5. The van der Waals surface area contributed by atoms with Crippen LogP contribution >= 0.6 is 0 Å². The van der Waals surface area contributed by atoms with Crippen molar-refractivity contribution in [3.63, 3.8) is 0 Å². The van der Waals surface area contributed by atoms with Gasteiger partial charge in [-0.25, -0.2) is 0 Å². The number of rotatable bonds is 5. The second-order valence-corrected chi connectivity index (χ2v) is 6.84. The van der Waals surface area contributed by atoms with E-state index in [0.29, 0.717) is 12.3 Å². The van der Waals surface area contributed by atoms with Gasteiger partial charge in [-0.15, -0.1) is 0 Å². The Balaban J connectivity index is 0.000000891. The lowest BCUT2D eigenvalue weighted by Gasteiger charge is -2.28. The molecule has 0 radical (unpaired) electrons. The molecule has 1 aromatic carbocycles. The van der Waals surface area contributed by atoms with Crippen molar-refractivity contribution >= 4 is 5.91 Å². The first kappa shape index (κ1) is 20.5. The monoisotopic (exact) mass is 335 g/mol. The van der Waals surface area contributed by atoms with E-state index in [1.807, 2.05) is 6.07 Å². The number of carbonyl (C=O) groups is 1. The molecule has 0 bridgehead atoms. The summed E-state index contributed by atoms with van der Waals surface area (Å²) in [6, 6.07) is 6.62. The molecule has 1 fully saturated rings. The first-order valence-electron chi connectivity index (χ1n) is 9.21. The van der Waals surface area contributed by atoms with E-state index in [0.717, 1.165) is 24.8 Å². The third-order valence-electron chi connectivity index (χ3n) is 4.31. The number of amides is 1. The van der Waals surface area contributed by atoms with Crippen LogP contribution in [0.5, 0.6) is 5.75 Å². The lowest BCUT2D eigenvalue weighted by Crippen LogP contribution is -2.36. The summed E-state index contributed by atoms with van der Waals surface area (Å²) in [4.78, 5) is 12.4. The zero-order valence-corrected chi connectivity index (χ0v) is 15.3. The quantitative estimate of drug-likeness (QED) is 0.756. The summed E-state index contributed by atoms with van der Waals surface area (Å²) in [5, 5.41) is 21.8. The molecule has 1 amide bonds. The molecule has 3 unspecified atom stereocenters. The Morgan fingerprint density at radius 3 is 2.62 bits per heavy atom. The predicted octanol–water partition coefficient (Wildman–Crippen LogP) is 4.17. The summed E-state index contributed by atoms with van der Waals surface area (Å²) in [5.74, 6) is 0.929. The Kier molecular flexibility index (Phi) is 9.46. The Morgan fingerprint density at radius 2 is 2.04 bits per heavy atom. The SMILES string of the molecule is CC1CCCC(C(=O)NC(CCO)c2cccc(O)c2)C1.CCC. The second kappa shape index (κ2) is 11.1. The van der Waals surface area contributed by atoms with E-state index in [1.54, 1.807) is 18.2 Å². The Hall–Kier alpha value is -1.55. The molecule has 1 saturated carbocycles. The minimum Gasteiger partial charge on any atom is -0.508 e. The number of phenols is 1. The number of carbonyl (C=O) groups excluding carboxylic acids is 1. The molecular formula is C20H33NO3. The van der Waals surface area contributed by atoms with E-state index in [1.165, 1.54) is 12.8 Å². The molecule has 3 atom stereocenters. The predicted molar refractivity (Wildman–Crippen MR) is 97.8 cm³/mol. The van der Waals surface area contributed by atoms with Crippen LogP contribution in [0.2, 0.25) is 0 Å². The summed E-state index contributed by atoms with van der Waals surface area (Å²) >= 11 is 0. The highest BCUT2D eigenvalue weighted by atomic mass is 16.3. The summed E-state index contributed by atoms with van der Waals surface area (Å²) < 4.78 is 0. The first-order valence-corrected chi connectivity index (χ1v) is 9.21. The van der Waals surface area contributed by atoms with E-state index in [9.17, 15) is 15.0 Å². The standard InChI is InChI=1S/C17H25NO3.C3H8/c1-12-4-2-6-14(10-12)17(21)18-16(8-9-19)13-5-3-7-15(20)11-13;1-3-2/h3,5,7,11-12,14,16,19-20H,2,4,6,8-10H2,1H3,(H,18,21);3H2,1-2H3. The molecule has 0 saturated heterocycles. The maximum Gasteiger partial charge on any atom is 0.223 e. The highest BCUT2D eigenvalue weighted by Crippen LogP contribution is 2.30. The van der Waals surface area contributed by atoms with Gasteiger partial charge in [-0.05, 0) is 42.9 Å². The van der Waals surface area contributed by atoms with Crippen LogP contribution in [-0.4, -0.2) is 22.7 Å². The number of benzene rings is 1. The van der Waals surface area contributed by atoms with Crippen molar-refractivity contribution in [3.05, 3.63) is 29.8 Å². The third-order valence-corrected chi connectivity index (χ3v) is 4.31. The topological polar surface area (TPSA) is 69.6 Å². The molecule has 4 nitrogen and oxygen atoms in total. The fraction of sp³-hybridized carbons (Fsp3) is 0.650. The van der Waals surface area contributed by atoms with Crippen LogP contribution in [0.1, 0.15) is 70.9 Å². The average molecular weight is 335 g/mol. The van der Waals surface area contributed by atoms with Gasteiger partial charge in [0.2, 0.25) is 5.91 Å². The molecule has 1 aliphatic rings. The van der Waals surface area contributed by atoms with Crippen molar-refractivity contribution in [1.82, 2.24) is 5.32 Å². The van der Waals surface area contributed by atoms with Crippen molar-refractivity contribution in [2.24, 2.45) is 11.8 Å². The van der Waals surface area contributed by atoms with Crippen LogP contribution in [0.15, 0.2) is 24.3 Å². The zero-order chi connectivity index (χ0) is 17.9. The molecule has 1 aromatic rings. The highest BCUT2D eigenvalue weighted by molar-refractivity contribution is 5.79. The number of hydrogen-bond acceptors (Lipinski definition) is 3. The van der Waals surface area contributed by atoms with E-state index in [2.05, 4.69) is 26.1 Å². The fourth-order valence-corrected chi connectivity index (χ4v) is 3.15. The van der Waals surface area contributed by atoms with Gasteiger partial charge >= 0.3 is 0 Å². The Morgan fingerprint density at radius 1 is 1.33 bits per heavy atom. The van der Waals surface area contributed by atoms with Gasteiger partial charge in [-0.1, -0.05) is 52.2 Å². The van der Waals surface area contributed by atoms with Crippen molar-refractivity contribution in [2.45, 2.75) is 65.3 Å². The van der Waals surface area contributed by atoms with Crippen LogP contribution in [0.25, 0.3) is 0 Å². The van der Waals surface area contributed by atoms with E-state index in [4.69, 9.17) is 0 Å². The van der Waals surface area contributed by atoms with Gasteiger partial charge in [-0.3, -0.25) is 4.79 Å². The normalized spacial score (nSPS) is 21.3. The number of hydrogen-bond donors (Lipinski definition) is 3. The molecule has 3 N–H and O–H groups in total. The van der Waals surface area contributed by atoms with Gasteiger partial charge in [0, 0.05) is 12.5 Å². The summed E-state index contributed by atoms with van der Waals surface area (Å²) in [7, 11) is 0. The van der Waals surface area contributed by atoms with E-state index < -0.39 is 0 Å². The summed E-state index contributed by atoms with van der Waals surface area (Å²) in [6.07, 6.45) is 5.91. The van der Waals surface area contributed by atoms with Crippen LogP contribution in [0.4, 0.5) is 0 Å². The molecule has 0 heterocycles. The van der Waals surface area contributed by atoms with Crippen molar-refractivity contribution in [2.75, 3.05) is 6.61 Å². The van der Waals surface area contributed by atoms with Crippen LogP contribution in [0.3, 0.4) is 0 Å². The molecule has 0 aliphatic heterocycles. The van der Waals surface area contributed by atoms with Gasteiger partial charge in [0.25, 0.3) is 0 Å². The maximum atomic E-state index is 12.4. The second-order valence-electron chi connectivity index (χ2n) is 6.84. The van der Waals surface area contributed by atoms with Crippen molar-refractivity contribution in [1.29, 1.82) is 0 Å². The Labute approximate surface area is 146 Å². The lowest BCUT2D eigenvalue weighted by atomic mass is 9.82. The summed E-state index contributed by atoms with van der Waals surface area (Å²) in [6.45, 7) is 6.45. The molecule has 24 heavy (non-hydrogen) atoms. The highest BCUT2D eigenvalue weighted by Gasteiger charge is 2.26. The van der Waals surface area contributed by atoms with Crippen LogP contribution in [-0.2, 0) is 4.79 Å².